The van der Waals surface area contributed by atoms with E-state index in [-0.39, 0.29) is 0 Å². The SMILES string of the molecule is CN=C(NCCN(C)C(C)C)NCc1ccc(OC)cc1OC. The second kappa shape index (κ2) is 9.94. The summed E-state index contributed by atoms with van der Waals surface area (Å²) in [4.78, 5) is 6.53. The maximum absolute atomic E-state index is 5.41. The van der Waals surface area contributed by atoms with Gasteiger partial charge in [0, 0.05) is 44.4 Å². The lowest BCUT2D eigenvalue weighted by atomic mass is 10.2. The monoisotopic (exact) mass is 322 g/mol. The second-order valence-corrected chi connectivity index (χ2v) is 5.60. The maximum atomic E-state index is 5.41. The van der Waals surface area contributed by atoms with Gasteiger partial charge in [-0.1, -0.05) is 0 Å². The van der Waals surface area contributed by atoms with Crippen LogP contribution in [0.15, 0.2) is 23.2 Å². The summed E-state index contributed by atoms with van der Waals surface area (Å²) in [5.74, 6) is 2.36. The molecule has 1 aromatic carbocycles. The highest BCUT2D eigenvalue weighted by molar-refractivity contribution is 5.79. The van der Waals surface area contributed by atoms with Crippen LogP contribution in [-0.4, -0.2) is 58.3 Å². The Kier molecular flexibility index (Phi) is 8.26. The van der Waals surface area contributed by atoms with Crippen LogP contribution in [0.2, 0.25) is 0 Å². The highest BCUT2D eigenvalue weighted by Crippen LogP contribution is 2.24. The van der Waals surface area contributed by atoms with Crippen LogP contribution in [0.1, 0.15) is 19.4 Å². The van der Waals surface area contributed by atoms with Gasteiger partial charge in [-0.2, -0.15) is 0 Å². The van der Waals surface area contributed by atoms with Crippen LogP contribution in [0.4, 0.5) is 0 Å². The van der Waals surface area contributed by atoms with Gasteiger partial charge < -0.3 is 25.0 Å². The molecule has 0 aliphatic rings. The van der Waals surface area contributed by atoms with Crippen LogP contribution in [0.25, 0.3) is 0 Å². The Bertz CT molecular complexity index is 503. The molecule has 0 atom stereocenters. The summed E-state index contributed by atoms with van der Waals surface area (Å²) in [6.45, 7) is 6.80. The molecule has 130 valence electrons. The summed E-state index contributed by atoms with van der Waals surface area (Å²) in [5.41, 5.74) is 1.05. The molecular weight excluding hydrogens is 292 g/mol. The Morgan fingerprint density at radius 2 is 1.96 bits per heavy atom. The lowest BCUT2D eigenvalue weighted by molar-refractivity contribution is 0.278. The molecule has 6 heteroatoms. The van der Waals surface area contributed by atoms with Crippen molar-refractivity contribution in [1.29, 1.82) is 0 Å². The van der Waals surface area contributed by atoms with E-state index in [2.05, 4.69) is 41.4 Å². The van der Waals surface area contributed by atoms with E-state index in [4.69, 9.17) is 9.47 Å². The van der Waals surface area contributed by atoms with Gasteiger partial charge in [-0.05, 0) is 33.0 Å². The minimum Gasteiger partial charge on any atom is -0.497 e. The van der Waals surface area contributed by atoms with Crippen LogP contribution in [0, 0.1) is 0 Å². The number of nitrogens with zero attached hydrogens (tertiary/aromatic N) is 2. The Balaban J connectivity index is 2.52. The smallest absolute Gasteiger partial charge is 0.191 e. The normalized spacial score (nSPS) is 11.7. The van der Waals surface area contributed by atoms with Crippen LogP contribution in [-0.2, 0) is 6.54 Å². The van der Waals surface area contributed by atoms with Gasteiger partial charge in [0.2, 0.25) is 0 Å². The minimum absolute atomic E-state index is 0.537. The summed E-state index contributed by atoms with van der Waals surface area (Å²) in [5, 5.41) is 6.62. The van der Waals surface area contributed by atoms with Gasteiger partial charge in [0.15, 0.2) is 5.96 Å². The molecule has 1 aromatic rings. The molecule has 0 saturated heterocycles. The van der Waals surface area contributed by atoms with Crippen molar-refractivity contribution in [2.75, 3.05) is 41.4 Å². The number of rotatable bonds is 8. The lowest BCUT2D eigenvalue weighted by Gasteiger charge is -2.21. The predicted molar refractivity (Wildman–Crippen MR) is 95.5 cm³/mol. The fourth-order valence-electron chi connectivity index (χ4n) is 2.01. The molecule has 0 heterocycles. The second-order valence-electron chi connectivity index (χ2n) is 5.60. The van der Waals surface area contributed by atoms with Gasteiger partial charge in [0.05, 0.1) is 14.2 Å². The van der Waals surface area contributed by atoms with Gasteiger partial charge >= 0.3 is 0 Å². The Morgan fingerprint density at radius 3 is 2.52 bits per heavy atom. The van der Waals surface area contributed by atoms with Crippen molar-refractivity contribution >= 4 is 5.96 Å². The summed E-state index contributed by atoms with van der Waals surface area (Å²) in [6, 6.07) is 6.33. The summed E-state index contributed by atoms with van der Waals surface area (Å²) >= 11 is 0. The van der Waals surface area contributed by atoms with Crippen molar-refractivity contribution in [1.82, 2.24) is 15.5 Å². The molecule has 0 spiro atoms. The molecule has 2 N–H and O–H groups in total. The zero-order valence-electron chi connectivity index (χ0n) is 15.1. The largest absolute Gasteiger partial charge is 0.497 e. The summed E-state index contributed by atoms with van der Waals surface area (Å²) in [7, 11) is 7.19. The molecule has 0 amide bonds. The van der Waals surface area contributed by atoms with Crippen molar-refractivity contribution in [3.05, 3.63) is 23.8 Å². The van der Waals surface area contributed by atoms with Gasteiger partial charge in [-0.25, -0.2) is 0 Å². The van der Waals surface area contributed by atoms with E-state index >= 15 is 0 Å². The third-order valence-electron chi connectivity index (χ3n) is 3.80. The fourth-order valence-corrected chi connectivity index (χ4v) is 2.01. The number of hydrogen-bond acceptors (Lipinski definition) is 4. The predicted octanol–water partition coefficient (Wildman–Crippen LogP) is 1.71. The highest BCUT2D eigenvalue weighted by Gasteiger charge is 2.07. The Labute approximate surface area is 139 Å². The standard InChI is InChI=1S/C17H30N4O2/c1-13(2)21(4)10-9-19-17(18-3)20-12-14-7-8-15(22-5)11-16(14)23-6/h7-8,11,13H,9-10,12H2,1-6H3,(H2,18,19,20). The topological polar surface area (TPSA) is 58.1 Å². The average Bonchev–Trinajstić information content (AvgIpc) is 2.57. The van der Waals surface area contributed by atoms with Crippen molar-refractivity contribution in [2.24, 2.45) is 4.99 Å². The van der Waals surface area contributed by atoms with Crippen LogP contribution < -0.4 is 20.1 Å². The number of ether oxygens (including phenoxy) is 2. The van der Waals surface area contributed by atoms with E-state index in [1.54, 1.807) is 21.3 Å². The molecule has 0 aliphatic carbocycles. The van der Waals surface area contributed by atoms with E-state index in [1.807, 2.05) is 18.2 Å². The number of aliphatic imine (C=N–C) groups is 1. The number of guanidine groups is 1. The first kappa shape index (κ1) is 19.1. The third-order valence-corrected chi connectivity index (χ3v) is 3.80. The Morgan fingerprint density at radius 1 is 1.22 bits per heavy atom. The first-order valence-corrected chi connectivity index (χ1v) is 7.87. The zero-order chi connectivity index (χ0) is 17.2. The quantitative estimate of drug-likeness (QED) is 0.564. The molecule has 23 heavy (non-hydrogen) atoms. The van der Waals surface area contributed by atoms with Crippen molar-refractivity contribution in [3.8, 4) is 11.5 Å². The number of benzene rings is 1. The molecule has 6 nitrogen and oxygen atoms in total. The molecule has 0 bridgehead atoms. The highest BCUT2D eigenvalue weighted by atomic mass is 16.5. The fraction of sp³-hybridized carbons (Fsp3) is 0.588. The number of nitrogens with one attached hydrogen (secondary N) is 2. The molecule has 0 saturated carbocycles. The minimum atomic E-state index is 0.537. The van der Waals surface area contributed by atoms with E-state index in [9.17, 15) is 0 Å². The number of hydrogen-bond donors (Lipinski definition) is 2. The molecule has 0 aliphatic heterocycles. The average molecular weight is 322 g/mol. The molecule has 0 fully saturated rings. The maximum Gasteiger partial charge on any atom is 0.191 e. The summed E-state index contributed by atoms with van der Waals surface area (Å²) in [6.07, 6.45) is 0. The molecule has 0 radical (unpaired) electrons. The van der Waals surface area contributed by atoms with E-state index in [0.717, 1.165) is 36.1 Å². The first-order valence-electron chi connectivity index (χ1n) is 7.87. The van der Waals surface area contributed by atoms with Crippen LogP contribution >= 0.6 is 0 Å². The van der Waals surface area contributed by atoms with E-state index in [0.29, 0.717) is 12.6 Å². The van der Waals surface area contributed by atoms with E-state index in [1.165, 1.54) is 0 Å². The number of likely N-dealkylation sites (N-methyl/N-ethyl adjacent to an activating group) is 1. The molecule has 0 unspecified atom stereocenters. The molecular formula is C17H30N4O2. The zero-order valence-corrected chi connectivity index (χ0v) is 15.1. The van der Waals surface area contributed by atoms with Crippen LogP contribution in [0.5, 0.6) is 11.5 Å². The molecule has 1 rings (SSSR count). The van der Waals surface area contributed by atoms with Gasteiger partial charge in [-0.3, -0.25) is 4.99 Å². The van der Waals surface area contributed by atoms with Gasteiger partial charge in [0.25, 0.3) is 0 Å². The van der Waals surface area contributed by atoms with Gasteiger partial charge in [-0.15, -0.1) is 0 Å². The van der Waals surface area contributed by atoms with Crippen molar-refractivity contribution in [2.45, 2.75) is 26.4 Å². The Hall–Kier alpha value is -1.95. The van der Waals surface area contributed by atoms with Crippen LogP contribution in [0.3, 0.4) is 0 Å². The lowest BCUT2D eigenvalue weighted by Crippen LogP contribution is -2.41. The van der Waals surface area contributed by atoms with Crippen molar-refractivity contribution in [3.63, 3.8) is 0 Å². The van der Waals surface area contributed by atoms with Gasteiger partial charge in [0.1, 0.15) is 11.5 Å². The third kappa shape index (κ3) is 6.36. The molecule has 0 aromatic heterocycles. The summed E-state index contributed by atoms with van der Waals surface area (Å²) < 4.78 is 10.6. The van der Waals surface area contributed by atoms with Crippen molar-refractivity contribution < 1.29 is 9.47 Å². The first-order chi connectivity index (χ1) is 11.0. The number of methoxy groups -OCH3 is 2. The van der Waals surface area contributed by atoms with E-state index < -0.39 is 0 Å².